The van der Waals surface area contributed by atoms with Crippen molar-refractivity contribution < 1.29 is 13.9 Å². The van der Waals surface area contributed by atoms with Crippen molar-refractivity contribution in [3.63, 3.8) is 0 Å². The van der Waals surface area contributed by atoms with Crippen LogP contribution in [-0.4, -0.2) is 63.4 Å². The van der Waals surface area contributed by atoms with E-state index in [4.69, 9.17) is 19.4 Å². The molecule has 10 nitrogen and oxygen atoms in total. The standard InChI is InChI=1S/C31H31FN8O2/c1-41-25-13-10-22(16-26(25)42-2)28-35-27-29(34-24-14-15-40(19-24)18-21-6-4-3-5-7-21)36-31(37-30(27)39-38-28)33-17-20-8-11-23(32)12-9-20/h3-13,16,24H,14-15,17-19H2,1-2H3,(H2,33,34,36,37,39). The van der Waals surface area contributed by atoms with E-state index in [9.17, 15) is 4.39 Å². The van der Waals surface area contributed by atoms with Gasteiger partial charge in [-0.3, -0.25) is 4.90 Å². The Labute approximate surface area is 243 Å². The molecule has 1 saturated heterocycles. The fraction of sp³-hybridized carbons (Fsp3) is 0.258. The Kier molecular flexibility index (Phi) is 8.00. The van der Waals surface area contributed by atoms with Crippen LogP contribution in [0.3, 0.4) is 0 Å². The SMILES string of the molecule is COc1ccc(-c2nnc3nc(NCc4ccc(F)cc4)nc(NC4CCN(Cc5ccccc5)C4)c3n2)cc1OC. The van der Waals surface area contributed by atoms with Gasteiger partial charge in [-0.1, -0.05) is 42.5 Å². The van der Waals surface area contributed by atoms with Crippen LogP contribution in [-0.2, 0) is 13.1 Å². The Morgan fingerprint density at radius 2 is 1.69 bits per heavy atom. The number of halogens is 1. The van der Waals surface area contributed by atoms with Crippen LogP contribution in [0.25, 0.3) is 22.6 Å². The molecule has 11 heteroatoms. The summed E-state index contributed by atoms with van der Waals surface area (Å²) < 4.78 is 24.2. The molecule has 0 amide bonds. The van der Waals surface area contributed by atoms with E-state index in [1.165, 1.54) is 17.7 Å². The molecule has 3 heterocycles. The number of benzene rings is 3. The minimum Gasteiger partial charge on any atom is -0.493 e. The van der Waals surface area contributed by atoms with Crippen LogP contribution in [0.5, 0.6) is 11.5 Å². The molecule has 2 N–H and O–H groups in total. The van der Waals surface area contributed by atoms with Gasteiger partial charge in [-0.15, -0.1) is 10.2 Å². The minimum atomic E-state index is -0.281. The summed E-state index contributed by atoms with van der Waals surface area (Å²) in [5, 5.41) is 15.6. The Hall–Kier alpha value is -4.90. The van der Waals surface area contributed by atoms with Gasteiger partial charge < -0.3 is 20.1 Å². The molecule has 0 bridgehead atoms. The van der Waals surface area contributed by atoms with E-state index in [1.54, 1.807) is 32.4 Å². The minimum absolute atomic E-state index is 0.163. The number of ether oxygens (including phenoxy) is 2. The van der Waals surface area contributed by atoms with Crippen LogP contribution < -0.4 is 20.1 Å². The molecule has 5 aromatic rings. The average molecular weight is 567 g/mol. The van der Waals surface area contributed by atoms with Gasteiger partial charge >= 0.3 is 0 Å². The molecule has 0 saturated carbocycles. The van der Waals surface area contributed by atoms with Gasteiger partial charge in [0, 0.05) is 37.8 Å². The van der Waals surface area contributed by atoms with E-state index in [0.717, 1.165) is 37.2 Å². The van der Waals surface area contributed by atoms with E-state index in [1.807, 2.05) is 18.2 Å². The van der Waals surface area contributed by atoms with Crippen molar-refractivity contribution >= 4 is 22.9 Å². The molecule has 1 aliphatic heterocycles. The number of fused-ring (bicyclic) bond motifs is 1. The molecule has 0 aliphatic carbocycles. The third-order valence-electron chi connectivity index (χ3n) is 7.19. The molecule has 0 spiro atoms. The predicted molar refractivity (Wildman–Crippen MR) is 159 cm³/mol. The molecule has 1 aliphatic rings. The second-order valence-electron chi connectivity index (χ2n) is 10.1. The first-order chi connectivity index (χ1) is 20.6. The van der Waals surface area contributed by atoms with Crippen LogP contribution in [0, 0.1) is 5.82 Å². The van der Waals surface area contributed by atoms with E-state index < -0.39 is 0 Å². The van der Waals surface area contributed by atoms with Gasteiger partial charge in [0.15, 0.2) is 28.7 Å². The van der Waals surface area contributed by atoms with Gasteiger partial charge in [-0.05, 0) is 47.9 Å². The summed E-state index contributed by atoms with van der Waals surface area (Å²) in [6, 6.07) is 22.4. The molecule has 6 rings (SSSR count). The monoisotopic (exact) mass is 566 g/mol. The van der Waals surface area contributed by atoms with E-state index >= 15 is 0 Å². The highest BCUT2D eigenvalue weighted by molar-refractivity contribution is 5.84. The summed E-state index contributed by atoms with van der Waals surface area (Å²) in [5.74, 6) is 2.26. The highest BCUT2D eigenvalue weighted by Gasteiger charge is 2.24. The van der Waals surface area contributed by atoms with Crippen molar-refractivity contribution in [2.24, 2.45) is 0 Å². The van der Waals surface area contributed by atoms with Gasteiger partial charge in [0.2, 0.25) is 11.6 Å². The molecule has 214 valence electrons. The maximum absolute atomic E-state index is 13.4. The van der Waals surface area contributed by atoms with Crippen LogP contribution >= 0.6 is 0 Å². The highest BCUT2D eigenvalue weighted by atomic mass is 19.1. The Bertz CT molecular complexity index is 1670. The Morgan fingerprint density at radius 1 is 0.881 bits per heavy atom. The van der Waals surface area contributed by atoms with Gasteiger partial charge in [0.25, 0.3) is 0 Å². The Balaban J connectivity index is 1.29. The molecule has 0 radical (unpaired) electrons. The predicted octanol–water partition coefficient (Wildman–Crippen LogP) is 4.94. The second kappa shape index (κ2) is 12.3. The first kappa shape index (κ1) is 27.3. The van der Waals surface area contributed by atoms with Crippen molar-refractivity contribution in [2.75, 3.05) is 37.9 Å². The van der Waals surface area contributed by atoms with Crippen molar-refractivity contribution in [2.45, 2.75) is 25.6 Å². The molecule has 1 atom stereocenters. The Morgan fingerprint density at radius 3 is 2.48 bits per heavy atom. The number of nitrogens with zero attached hydrogens (tertiary/aromatic N) is 6. The van der Waals surface area contributed by atoms with Crippen LogP contribution in [0.15, 0.2) is 72.8 Å². The second-order valence-corrected chi connectivity index (χ2v) is 10.1. The lowest BCUT2D eigenvalue weighted by atomic mass is 10.2. The van der Waals surface area contributed by atoms with E-state index in [2.05, 4.69) is 55.0 Å². The van der Waals surface area contributed by atoms with Gasteiger partial charge in [0.1, 0.15) is 5.82 Å². The number of aromatic nitrogens is 5. The van der Waals surface area contributed by atoms with Gasteiger partial charge in [-0.2, -0.15) is 9.97 Å². The molecular formula is C31H31FN8O2. The summed E-state index contributed by atoms with van der Waals surface area (Å²) in [5.41, 5.74) is 3.78. The number of likely N-dealkylation sites (tertiary alicyclic amines) is 1. The third-order valence-corrected chi connectivity index (χ3v) is 7.19. The fourth-order valence-corrected chi connectivity index (χ4v) is 5.03. The van der Waals surface area contributed by atoms with Crippen LogP contribution in [0.4, 0.5) is 16.2 Å². The van der Waals surface area contributed by atoms with Crippen molar-refractivity contribution in [1.29, 1.82) is 0 Å². The first-order valence-electron chi connectivity index (χ1n) is 13.7. The van der Waals surface area contributed by atoms with E-state index in [-0.39, 0.29) is 11.9 Å². The topological polar surface area (TPSA) is 110 Å². The van der Waals surface area contributed by atoms with E-state index in [0.29, 0.717) is 46.8 Å². The molecule has 1 unspecified atom stereocenters. The first-order valence-corrected chi connectivity index (χ1v) is 13.7. The number of nitrogens with one attached hydrogen (secondary N) is 2. The fourth-order valence-electron chi connectivity index (χ4n) is 5.03. The third kappa shape index (κ3) is 6.21. The number of rotatable bonds is 10. The summed E-state index contributed by atoms with van der Waals surface area (Å²) in [4.78, 5) is 16.6. The average Bonchev–Trinajstić information content (AvgIpc) is 3.47. The zero-order valence-corrected chi connectivity index (χ0v) is 23.4. The summed E-state index contributed by atoms with van der Waals surface area (Å²) in [7, 11) is 3.17. The maximum atomic E-state index is 13.4. The zero-order valence-electron chi connectivity index (χ0n) is 23.4. The largest absolute Gasteiger partial charge is 0.493 e. The maximum Gasteiger partial charge on any atom is 0.227 e. The summed E-state index contributed by atoms with van der Waals surface area (Å²) in [6.07, 6.45) is 0.956. The number of hydrogen-bond donors (Lipinski definition) is 2. The number of hydrogen-bond acceptors (Lipinski definition) is 10. The molecule has 3 aromatic carbocycles. The smallest absolute Gasteiger partial charge is 0.227 e. The van der Waals surface area contributed by atoms with Crippen LogP contribution in [0.2, 0.25) is 0 Å². The van der Waals surface area contributed by atoms with Crippen molar-refractivity contribution in [3.05, 3.63) is 89.7 Å². The lowest BCUT2D eigenvalue weighted by Crippen LogP contribution is -2.26. The van der Waals surface area contributed by atoms with Gasteiger partial charge in [-0.25, -0.2) is 9.37 Å². The highest BCUT2D eigenvalue weighted by Crippen LogP contribution is 2.32. The van der Waals surface area contributed by atoms with Crippen LogP contribution in [0.1, 0.15) is 17.5 Å². The quantitative estimate of drug-likeness (QED) is 0.241. The van der Waals surface area contributed by atoms with Crippen molar-refractivity contribution in [1.82, 2.24) is 30.0 Å². The summed E-state index contributed by atoms with van der Waals surface area (Å²) in [6.45, 7) is 3.14. The zero-order chi connectivity index (χ0) is 28.9. The molecule has 1 fully saturated rings. The molecule has 42 heavy (non-hydrogen) atoms. The normalized spacial score (nSPS) is 15.1. The van der Waals surface area contributed by atoms with Gasteiger partial charge in [0.05, 0.1) is 14.2 Å². The number of anilines is 2. The number of methoxy groups -OCH3 is 2. The molecule has 2 aromatic heterocycles. The summed E-state index contributed by atoms with van der Waals surface area (Å²) >= 11 is 0. The molecular weight excluding hydrogens is 535 g/mol. The van der Waals surface area contributed by atoms with Crippen molar-refractivity contribution in [3.8, 4) is 22.9 Å². The lowest BCUT2D eigenvalue weighted by molar-refractivity contribution is 0.328. The lowest BCUT2D eigenvalue weighted by Gasteiger charge is -2.18.